The molecule has 0 bridgehead atoms. The van der Waals surface area contributed by atoms with E-state index in [2.05, 4.69) is 4.98 Å². The number of halogens is 3. The van der Waals surface area contributed by atoms with Gasteiger partial charge in [0.2, 0.25) is 10.0 Å². The number of rotatable bonds is 4. The third kappa shape index (κ3) is 3.52. The number of sulfonamides is 1. The maximum absolute atomic E-state index is 13.7. The third-order valence-corrected chi connectivity index (χ3v) is 5.21. The number of nitrogens with zero attached hydrogens (tertiary/aromatic N) is 2. The Morgan fingerprint density at radius 3 is 2.62 bits per heavy atom. The lowest BCUT2D eigenvalue weighted by molar-refractivity contribution is 0.456. The van der Waals surface area contributed by atoms with E-state index in [1.807, 2.05) is 0 Å². The number of hydrogen-bond donors (Lipinski definition) is 0. The van der Waals surface area contributed by atoms with Crippen molar-refractivity contribution >= 4 is 33.2 Å². The Labute approximate surface area is 132 Å². The van der Waals surface area contributed by atoms with Crippen LogP contribution in [0.25, 0.3) is 0 Å². The summed E-state index contributed by atoms with van der Waals surface area (Å²) in [5.41, 5.74) is 0.116. The van der Waals surface area contributed by atoms with Gasteiger partial charge in [-0.1, -0.05) is 29.3 Å². The van der Waals surface area contributed by atoms with E-state index in [1.54, 1.807) is 0 Å². The Balaban J connectivity index is 2.33. The zero-order valence-electron chi connectivity index (χ0n) is 10.9. The van der Waals surface area contributed by atoms with Gasteiger partial charge in [0.05, 0.1) is 4.90 Å². The van der Waals surface area contributed by atoms with Crippen LogP contribution < -0.4 is 0 Å². The SMILES string of the molecule is CN(Cc1c(F)cccc1Cl)S(=O)(=O)c1ccnc(Cl)c1. The molecule has 0 radical (unpaired) electrons. The van der Waals surface area contributed by atoms with Gasteiger partial charge in [0, 0.05) is 30.4 Å². The summed E-state index contributed by atoms with van der Waals surface area (Å²) in [7, 11) is -2.47. The Morgan fingerprint density at radius 2 is 2.00 bits per heavy atom. The summed E-state index contributed by atoms with van der Waals surface area (Å²) in [6.45, 7) is -0.187. The zero-order valence-corrected chi connectivity index (χ0v) is 13.3. The highest BCUT2D eigenvalue weighted by Gasteiger charge is 2.23. The van der Waals surface area contributed by atoms with Crippen molar-refractivity contribution in [2.45, 2.75) is 11.4 Å². The minimum Gasteiger partial charge on any atom is -0.244 e. The van der Waals surface area contributed by atoms with Crippen molar-refractivity contribution in [3.05, 3.63) is 58.1 Å². The van der Waals surface area contributed by atoms with Gasteiger partial charge in [-0.2, -0.15) is 4.31 Å². The van der Waals surface area contributed by atoms with E-state index < -0.39 is 15.8 Å². The molecule has 0 saturated heterocycles. The van der Waals surface area contributed by atoms with E-state index in [0.29, 0.717) is 0 Å². The van der Waals surface area contributed by atoms with Gasteiger partial charge < -0.3 is 0 Å². The van der Waals surface area contributed by atoms with Crippen LogP contribution in [-0.2, 0) is 16.6 Å². The molecule has 1 heterocycles. The molecular formula is C13H11Cl2FN2O2S. The average molecular weight is 349 g/mol. The Hall–Kier alpha value is -1.21. The van der Waals surface area contributed by atoms with Crippen LogP contribution in [0.5, 0.6) is 0 Å². The first-order valence-electron chi connectivity index (χ1n) is 5.83. The maximum Gasteiger partial charge on any atom is 0.243 e. The quantitative estimate of drug-likeness (QED) is 0.796. The molecule has 0 unspecified atom stereocenters. The van der Waals surface area contributed by atoms with Crippen molar-refractivity contribution in [3.63, 3.8) is 0 Å². The van der Waals surface area contributed by atoms with Crippen molar-refractivity contribution < 1.29 is 12.8 Å². The van der Waals surface area contributed by atoms with Gasteiger partial charge in [0.15, 0.2) is 0 Å². The summed E-state index contributed by atoms with van der Waals surface area (Å²) in [4.78, 5) is 3.71. The summed E-state index contributed by atoms with van der Waals surface area (Å²) in [6.07, 6.45) is 1.29. The minimum absolute atomic E-state index is 0.0162. The maximum atomic E-state index is 13.7. The standard InChI is InChI=1S/C13H11Cl2FN2O2S/c1-18(8-10-11(14)3-2-4-12(10)16)21(19,20)9-5-6-17-13(15)7-9/h2-7H,8H2,1H3. The first-order valence-corrected chi connectivity index (χ1v) is 8.03. The molecule has 0 amide bonds. The summed E-state index contributed by atoms with van der Waals surface area (Å²) in [5, 5.41) is 0.234. The lowest BCUT2D eigenvalue weighted by Crippen LogP contribution is -2.27. The smallest absolute Gasteiger partial charge is 0.243 e. The number of aromatic nitrogens is 1. The lowest BCUT2D eigenvalue weighted by Gasteiger charge is -2.18. The molecule has 1 aromatic carbocycles. The predicted molar refractivity (Wildman–Crippen MR) is 79.3 cm³/mol. The highest BCUT2D eigenvalue weighted by atomic mass is 35.5. The first kappa shape index (κ1) is 16.2. The van der Waals surface area contributed by atoms with Gasteiger partial charge in [0.1, 0.15) is 11.0 Å². The van der Waals surface area contributed by atoms with Gasteiger partial charge in [-0.3, -0.25) is 0 Å². The summed E-state index contributed by atoms with van der Waals surface area (Å²) >= 11 is 11.6. The van der Waals surface area contributed by atoms with Crippen LogP contribution in [0.4, 0.5) is 4.39 Å². The van der Waals surface area contributed by atoms with Gasteiger partial charge in [-0.05, 0) is 24.3 Å². The van der Waals surface area contributed by atoms with Crippen LogP contribution in [0.15, 0.2) is 41.4 Å². The molecule has 2 aromatic rings. The van der Waals surface area contributed by atoms with Gasteiger partial charge >= 0.3 is 0 Å². The first-order chi connectivity index (χ1) is 9.82. The van der Waals surface area contributed by atoms with Crippen molar-refractivity contribution in [2.75, 3.05) is 7.05 Å². The Morgan fingerprint density at radius 1 is 1.29 bits per heavy atom. The molecule has 0 aliphatic carbocycles. The van der Waals surface area contributed by atoms with E-state index >= 15 is 0 Å². The van der Waals surface area contributed by atoms with Crippen molar-refractivity contribution in [2.24, 2.45) is 0 Å². The highest BCUT2D eigenvalue weighted by molar-refractivity contribution is 7.89. The van der Waals surface area contributed by atoms with Crippen LogP contribution in [0, 0.1) is 5.82 Å². The Bertz CT molecular complexity index is 748. The minimum atomic E-state index is -3.81. The zero-order chi connectivity index (χ0) is 15.6. The molecule has 112 valence electrons. The van der Waals surface area contributed by atoms with Crippen LogP contribution in [-0.4, -0.2) is 24.8 Å². The lowest BCUT2D eigenvalue weighted by atomic mass is 10.2. The molecule has 2 rings (SSSR count). The summed E-state index contributed by atoms with van der Waals surface area (Å²) in [5.74, 6) is -0.558. The molecule has 0 atom stereocenters. The van der Waals surface area contributed by atoms with E-state index in [4.69, 9.17) is 23.2 Å². The largest absolute Gasteiger partial charge is 0.244 e. The number of pyridine rings is 1. The number of benzene rings is 1. The second-order valence-corrected chi connectivity index (χ2v) is 7.11. The molecule has 0 fully saturated rings. The van der Waals surface area contributed by atoms with Gasteiger partial charge in [-0.15, -0.1) is 0 Å². The molecule has 8 heteroatoms. The van der Waals surface area contributed by atoms with Crippen LogP contribution in [0.3, 0.4) is 0 Å². The highest BCUT2D eigenvalue weighted by Crippen LogP contribution is 2.24. The van der Waals surface area contributed by atoms with E-state index in [0.717, 1.165) is 4.31 Å². The van der Waals surface area contributed by atoms with Crippen molar-refractivity contribution in [1.82, 2.24) is 9.29 Å². The topological polar surface area (TPSA) is 50.3 Å². The van der Waals surface area contributed by atoms with Crippen LogP contribution in [0.2, 0.25) is 10.2 Å². The second-order valence-electron chi connectivity index (χ2n) is 4.28. The molecular weight excluding hydrogens is 338 g/mol. The summed E-state index contributed by atoms with van der Waals surface area (Å²) in [6, 6.07) is 6.74. The molecule has 0 aliphatic heterocycles. The second kappa shape index (κ2) is 6.27. The van der Waals surface area contributed by atoms with Crippen LogP contribution in [0.1, 0.15) is 5.56 Å². The molecule has 0 aliphatic rings. The molecule has 0 spiro atoms. The van der Waals surface area contributed by atoms with Gasteiger partial charge in [0.25, 0.3) is 0 Å². The molecule has 0 N–H and O–H groups in total. The van der Waals surface area contributed by atoms with E-state index in [9.17, 15) is 12.8 Å². The average Bonchev–Trinajstić information content (AvgIpc) is 2.42. The number of hydrogen-bond acceptors (Lipinski definition) is 3. The van der Waals surface area contributed by atoms with Crippen molar-refractivity contribution in [3.8, 4) is 0 Å². The van der Waals surface area contributed by atoms with E-state index in [1.165, 1.54) is 43.6 Å². The summed E-state index contributed by atoms with van der Waals surface area (Å²) < 4.78 is 39.5. The van der Waals surface area contributed by atoms with E-state index in [-0.39, 0.29) is 27.2 Å². The normalized spacial score (nSPS) is 11.9. The molecule has 1 aromatic heterocycles. The molecule has 21 heavy (non-hydrogen) atoms. The predicted octanol–water partition coefficient (Wildman–Crippen LogP) is 3.35. The fourth-order valence-corrected chi connectivity index (χ4v) is 3.33. The van der Waals surface area contributed by atoms with Gasteiger partial charge in [-0.25, -0.2) is 17.8 Å². The third-order valence-electron chi connectivity index (χ3n) is 2.85. The fourth-order valence-electron chi connectivity index (χ4n) is 1.72. The Kier molecular flexibility index (Phi) is 4.83. The van der Waals surface area contributed by atoms with Crippen molar-refractivity contribution in [1.29, 1.82) is 0 Å². The van der Waals surface area contributed by atoms with Crippen LogP contribution >= 0.6 is 23.2 Å². The fraction of sp³-hybridized carbons (Fsp3) is 0.154. The monoisotopic (exact) mass is 348 g/mol. The molecule has 4 nitrogen and oxygen atoms in total. The molecule has 0 saturated carbocycles.